The number of hydrogen-bond acceptors (Lipinski definition) is 6. The van der Waals surface area contributed by atoms with Crippen molar-refractivity contribution in [3.05, 3.63) is 54.6 Å². The molecule has 2 aromatic rings. The van der Waals surface area contributed by atoms with Crippen molar-refractivity contribution in [3.8, 4) is 17.2 Å². The van der Waals surface area contributed by atoms with E-state index in [1.807, 2.05) is 54.6 Å². The predicted molar refractivity (Wildman–Crippen MR) is 133 cm³/mol. The van der Waals surface area contributed by atoms with Crippen molar-refractivity contribution in [3.63, 3.8) is 0 Å². The summed E-state index contributed by atoms with van der Waals surface area (Å²) in [7, 11) is 1.68. The third-order valence-electron chi connectivity index (χ3n) is 5.69. The first-order valence-electron chi connectivity index (χ1n) is 12.2. The monoisotopic (exact) mass is 455 g/mol. The van der Waals surface area contributed by atoms with Crippen molar-refractivity contribution in [2.24, 2.45) is 0 Å². The molecule has 6 nitrogen and oxygen atoms in total. The second kappa shape index (κ2) is 18.8. The first-order valence-corrected chi connectivity index (χ1v) is 12.2. The van der Waals surface area contributed by atoms with Crippen LogP contribution in [-0.4, -0.2) is 44.4 Å². The molecule has 0 N–H and O–H groups in total. The lowest BCUT2D eigenvalue weighted by Gasteiger charge is -2.31. The molecule has 0 aromatic heterocycles. The van der Waals surface area contributed by atoms with Gasteiger partial charge in [0.15, 0.2) is 0 Å². The zero-order chi connectivity index (χ0) is 24.2. The highest BCUT2D eigenvalue weighted by Gasteiger charge is 2.16. The van der Waals surface area contributed by atoms with Gasteiger partial charge >= 0.3 is 0 Å². The van der Waals surface area contributed by atoms with Gasteiger partial charge in [0.1, 0.15) is 23.9 Å². The Morgan fingerprint density at radius 1 is 0.727 bits per heavy atom. The lowest BCUT2D eigenvalue weighted by molar-refractivity contribution is 0.139. The van der Waals surface area contributed by atoms with E-state index >= 15 is 0 Å². The van der Waals surface area contributed by atoms with Crippen LogP contribution in [0.5, 0.6) is 17.2 Å². The summed E-state index contributed by atoms with van der Waals surface area (Å²) < 4.78 is 17.1. The van der Waals surface area contributed by atoms with Crippen molar-refractivity contribution < 1.29 is 14.2 Å². The average Bonchev–Trinajstić information content (AvgIpc) is 2.88. The molecule has 0 heterocycles. The Hall–Kier alpha value is -2.78. The normalized spacial score (nSPS) is 11.3. The molecule has 0 aliphatic carbocycles. The van der Waals surface area contributed by atoms with Crippen LogP contribution in [0.1, 0.15) is 58.8 Å². The Bertz CT molecular complexity index is 722. The zero-order valence-corrected chi connectivity index (χ0v) is 20.6. The van der Waals surface area contributed by atoms with Crippen LogP contribution < -0.4 is 14.2 Å². The third-order valence-corrected chi connectivity index (χ3v) is 5.69. The molecule has 1 unspecified atom stereocenters. The molecule has 2 aromatic carbocycles. The SMILES string of the molecule is CCCCCCN(CCOc1ccc(OC)cc1)C(CC)CCCOc1ccccc1.N#N. The molecule has 0 saturated carbocycles. The minimum Gasteiger partial charge on any atom is -0.497 e. The highest BCUT2D eigenvalue weighted by Crippen LogP contribution is 2.18. The van der Waals surface area contributed by atoms with Crippen LogP contribution in [0.15, 0.2) is 54.6 Å². The van der Waals surface area contributed by atoms with Gasteiger partial charge in [-0.3, -0.25) is 4.90 Å². The van der Waals surface area contributed by atoms with Gasteiger partial charge in [0.2, 0.25) is 0 Å². The second-order valence-electron chi connectivity index (χ2n) is 7.99. The summed E-state index contributed by atoms with van der Waals surface area (Å²) in [4.78, 5) is 2.63. The largest absolute Gasteiger partial charge is 0.497 e. The van der Waals surface area contributed by atoms with Gasteiger partial charge in [0.25, 0.3) is 0 Å². The molecule has 0 aliphatic rings. The summed E-state index contributed by atoms with van der Waals surface area (Å²) >= 11 is 0. The second-order valence-corrected chi connectivity index (χ2v) is 7.99. The third kappa shape index (κ3) is 12.1. The van der Waals surface area contributed by atoms with Crippen molar-refractivity contribution in [2.75, 3.05) is 33.4 Å². The van der Waals surface area contributed by atoms with Crippen LogP contribution in [0.2, 0.25) is 0 Å². The molecule has 2 rings (SSSR count). The van der Waals surface area contributed by atoms with Crippen molar-refractivity contribution >= 4 is 0 Å². The molecule has 1 atom stereocenters. The molecular formula is C27H41N3O3. The number of unbranched alkanes of at least 4 members (excludes halogenated alkanes) is 3. The van der Waals surface area contributed by atoms with Crippen LogP contribution in [0.25, 0.3) is 0 Å². The fraction of sp³-hybridized carbons (Fsp3) is 0.556. The van der Waals surface area contributed by atoms with Crippen molar-refractivity contribution in [2.45, 2.75) is 64.8 Å². The molecule has 0 amide bonds. The van der Waals surface area contributed by atoms with Crippen molar-refractivity contribution in [1.82, 2.24) is 4.90 Å². The van der Waals surface area contributed by atoms with Gasteiger partial charge in [-0.25, -0.2) is 0 Å². The molecule has 0 bridgehead atoms. The van der Waals surface area contributed by atoms with E-state index < -0.39 is 0 Å². The van der Waals surface area contributed by atoms with Crippen LogP contribution in [0.4, 0.5) is 0 Å². The molecule has 33 heavy (non-hydrogen) atoms. The number of methoxy groups -OCH3 is 1. The molecule has 6 heteroatoms. The fourth-order valence-electron chi connectivity index (χ4n) is 3.84. The highest BCUT2D eigenvalue weighted by molar-refractivity contribution is 5.31. The van der Waals surface area contributed by atoms with Gasteiger partial charge in [-0.05, 0) is 68.6 Å². The Kier molecular flexibility index (Phi) is 16.1. The van der Waals surface area contributed by atoms with E-state index in [4.69, 9.17) is 25.0 Å². The number of benzene rings is 2. The quantitative estimate of drug-likeness (QED) is 0.197. The summed E-state index contributed by atoms with van der Waals surface area (Å²) in [6.07, 6.45) is 8.53. The van der Waals surface area contributed by atoms with E-state index in [-0.39, 0.29) is 0 Å². The first-order chi connectivity index (χ1) is 16.3. The summed E-state index contributed by atoms with van der Waals surface area (Å²) in [6, 6.07) is 18.5. The fourth-order valence-corrected chi connectivity index (χ4v) is 3.84. The zero-order valence-electron chi connectivity index (χ0n) is 20.6. The van der Waals surface area contributed by atoms with Gasteiger partial charge in [-0.2, -0.15) is 0 Å². The summed E-state index contributed by atoms with van der Waals surface area (Å²) in [6.45, 7) is 8.14. The maximum atomic E-state index is 6.02. The maximum absolute atomic E-state index is 6.02. The Morgan fingerprint density at radius 3 is 2.00 bits per heavy atom. The lowest BCUT2D eigenvalue weighted by Crippen LogP contribution is -2.39. The molecule has 182 valence electrons. The van der Waals surface area contributed by atoms with Crippen LogP contribution in [-0.2, 0) is 0 Å². The molecular weight excluding hydrogens is 414 g/mol. The number of ether oxygens (including phenoxy) is 3. The van der Waals surface area contributed by atoms with E-state index in [1.54, 1.807) is 7.11 Å². The molecule has 0 spiro atoms. The van der Waals surface area contributed by atoms with Crippen molar-refractivity contribution in [1.29, 1.82) is 10.8 Å². The minimum atomic E-state index is 0.570. The van der Waals surface area contributed by atoms with Crippen LogP contribution in [0.3, 0.4) is 0 Å². The number of para-hydroxylation sites is 1. The number of hydrogen-bond donors (Lipinski definition) is 0. The topological polar surface area (TPSA) is 78.5 Å². The number of nitrogens with zero attached hydrogens (tertiary/aromatic N) is 3. The van der Waals surface area contributed by atoms with E-state index in [0.717, 1.165) is 56.2 Å². The smallest absolute Gasteiger partial charge is 0.119 e. The lowest BCUT2D eigenvalue weighted by atomic mass is 10.1. The standard InChI is InChI=1S/C27H41NO3.N2/c1-4-6-7-11-20-28(21-23-31-27-18-16-25(29-3)17-19-27)24(5-2)13-12-22-30-26-14-9-8-10-15-26;1-2/h8-10,14-19,24H,4-7,11-13,20-23H2,1-3H3;. The van der Waals surface area contributed by atoms with E-state index in [0.29, 0.717) is 12.6 Å². The van der Waals surface area contributed by atoms with Gasteiger partial charge in [0, 0.05) is 23.4 Å². The molecule has 0 aliphatic heterocycles. The molecule has 0 radical (unpaired) electrons. The van der Waals surface area contributed by atoms with E-state index in [1.165, 1.54) is 25.7 Å². The summed E-state index contributed by atoms with van der Waals surface area (Å²) in [5.41, 5.74) is 0. The van der Waals surface area contributed by atoms with Gasteiger partial charge in [-0.15, -0.1) is 0 Å². The minimum absolute atomic E-state index is 0.570. The van der Waals surface area contributed by atoms with Gasteiger partial charge < -0.3 is 14.2 Å². The van der Waals surface area contributed by atoms with Gasteiger partial charge in [-0.1, -0.05) is 51.3 Å². The maximum Gasteiger partial charge on any atom is 0.119 e. The van der Waals surface area contributed by atoms with E-state index in [2.05, 4.69) is 18.7 Å². The van der Waals surface area contributed by atoms with E-state index in [9.17, 15) is 0 Å². The summed E-state index contributed by atoms with van der Waals surface area (Å²) in [5, 5.41) is 12.0. The predicted octanol–water partition coefficient (Wildman–Crippen LogP) is 6.62. The highest BCUT2D eigenvalue weighted by atomic mass is 16.5. The Morgan fingerprint density at radius 2 is 1.36 bits per heavy atom. The molecule has 0 fully saturated rings. The Balaban J connectivity index is 0.00000265. The first kappa shape index (κ1) is 28.3. The average molecular weight is 456 g/mol. The van der Waals surface area contributed by atoms with Crippen LogP contribution in [0, 0.1) is 10.8 Å². The molecule has 0 saturated heterocycles. The van der Waals surface area contributed by atoms with Crippen LogP contribution >= 0.6 is 0 Å². The number of rotatable bonds is 17. The summed E-state index contributed by atoms with van der Waals surface area (Å²) in [5.74, 6) is 2.71. The Labute approximate surface area is 200 Å². The van der Waals surface area contributed by atoms with Gasteiger partial charge in [0.05, 0.1) is 13.7 Å².